The van der Waals surface area contributed by atoms with Gasteiger partial charge in [-0.2, -0.15) is 0 Å². The summed E-state index contributed by atoms with van der Waals surface area (Å²) in [7, 11) is -2.01. The molecule has 3 aromatic carbocycles. The lowest BCUT2D eigenvalue weighted by Crippen LogP contribution is -2.29. The van der Waals surface area contributed by atoms with E-state index in [9.17, 15) is 8.42 Å². The van der Waals surface area contributed by atoms with Gasteiger partial charge in [0.2, 0.25) is 0 Å². The van der Waals surface area contributed by atoms with Crippen LogP contribution in [0.4, 0.5) is 11.4 Å². The molecule has 0 aromatic heterocycles. The highest BCUT2D eigenvalue weighted by molar-refractivity contribution is 7.92. The molecule has 1 aliphatic carbocycles. The fraction of sp³-hybridized carbons (Fsp3) is 0.259. The number of aryl methyl sites for hydroxylation is 2. The van der Waals surface area contributed by atoms with Crippen LogP contribution < -0.4 is 14.8 Å². The van der Waals surface area contributed by atoms with E-state index in [1.165, 1.54) is 0 Å². The average Bonchev–Trinajstić information content (AvgIpc) is 3.31. The first-order chi connectivity index (χ1) is 15.9. The van der Waals surface area contributed by atoms with Crippen LogP contribution in [0.2, 0.25) is 0 Å². The van der Waals surface area contributed by atoms with Crippen LogP contribution in [0.1, 0.15) is 40.6 Å². The Bertz CT molecular complexity index is 1350. The van der Waals surface area contributed by atoms with Crippen LogP contribution in [0, 0.1) is 19.8 Å². The Kier molecular flexibility index (Phi) is 5.41. The van der Waals surface area contributed by atoms with Crippen molar-refractivity contribution in [1.29, 1.82) is 0 Å². The number of anilines is 2. The number of allylic oxidation sites excluding steroid dienone is 2. The lowest BCUT2D eigenvalue weighted by molar-refractivity contribution is 0.381. The van der Waals surface area contributed by atoms with Crippen molar-refractivity contribution in [3.05, 3.63) is 95.1 Å². The Balaban J connectivity index is 1.49. The molecule has 0 amide bonds. The Morgan fingerprint density at radius 1 is 0.970 bits per heavy atom. The molecule has 0 saturated carbocycles. The summed E-state index contributed by atoms with van der Waals surface area (Å²) in [5.74, 6) is 1.30. The van der Waals surface area contributed by atoms with E-state index in [-0.39, 0.29) is 16.9 Å². The summed E-state index contributed by atoms with van der Waals surface area (Å²) < 4.78 is 34.7. The smallest absolute Gasteiger partial charge is 0.261 e. The Labute approximate surface area is 195 Å². The van der Waals surface area contributed by atoms with Crippen LogP contribution in [0.25, 0.3) is 0 Å². The summed E-state index contributed by atoms with van der Waals surface area (Å²) in [5, 5.41) is 3.67. The minimum Gasteiger partial charge on any atom is -0.496 e. The van der Waals surface area contributed by atoms with Crippen molar-refractivity contribution >= 4 is 21.4 Å². The van der Waals surface area contributed by atoms with Gasteiger partial charge in [-0.1, -0.05) is 36.4 Å². The molecule has 5 rings (SSSR count). The second kappa shape index (κ2) is 8.27. The molecule has 2 aliphatic rings. The van der Waals surface area contributed by atoms with Gasteiger partial charge in [0.05, 0.1) is 18.0 Å². The van der Waals surface area contributed by atoms with Crippen molar-refractivity contribution in [3.8, 4) is 5.75 Å². The molecule has 0 radical (unpaired) electrons. The maximum absolute atomic E-state index is 13.2. The number of hydrogen-bond acceptors (Lipinski definition) is 4. The van der Waals surface area contributed by atoms with Crippen LogP contribution in [-0.4, -0.2) is 15.5 Å². The second-order valence-electron chi connectivity index (χ2n) is 8.87. The van der Waals surface area contributed by atoms with Crippen LogP contribution >= 0.6 is 0 Å². The van der Waals surface area contributed by atoms with E-state index in [0.717, 1.165) is 40.1 Å². The first kappa shape index (κ1) is 21.6. The Hall–Kier alpha value is -3.25. The van der Waals surface area contributed by atoms with E-state index in [1.54, 1.807) is 19.2 Å². The molecule has 5 nitrogen and oxygen atoms in total. The summed E-state index contributed by atoms with van der Waals surface area (Å²) in [6.07, 6.45) is 5.33. The molecule has 6 heteroatoms. The minimum atomic E-state index is -3.70. The van der Waals surface area contributed by atoms with Crippen LogP contribution in [-0.2, 0) is 10.0 Å². The molecular formula is C27H28N2O3S. The third-order valence-corrected chi connectivity index (χ3v) is 8.26. The Morgan fingerprint density at radius 3 is 2.58 bits per heavy atom. The number of nitrogens with one attached hydrogen (secondary N) is 2. The van der Waals surface area contributed by atoms with Gasteiger partial charge in [0.15, 0.2) is 0 Å². The van der Waals surface area contributed by atoms with E-state index < -0.39 is 10.0 Å². The number of sulfonamides is 1. The highest BCUT2D eigenvalue weighted by Crippen LogP contribution is 2.51. The molecule has 1 aliphatic heterocycles. The number of benzene rings is 3. The van der Waals surface area contributed by atoms with E-state index in [2.05, 4.69) is 28.3 Å². The van der Waals surface area contributed by atoms with Crippen molar-refractivity contribution in [2.24, 2.45) is 5.92 Å². The normalized spacial score (nSPS) is 21.1. The lowest BCUT2D eigenvalue weighted by atomic mass is 9.77. The zero-order valence-electron chi connectivity index (χ0n) is 19.0. The molecule has 1 heterocycles. The molecule has 0 unspecified atom stereocenters. The van der Waals surface area contributed by atoms with E-state index >= 15 is 0 Å². The molecule has 0 saturated heterocycles. The SMILES string of the molecule is COc1ccccc1[C@H]1Nc2ccc(S(=O)(=O)Nc3ccc(C)c(C)c3)cc2[C@H]2C=CC[C@H]21. The molecular weight excluding hydrogens is 432 g/mol. The first-order valence-electron chi connectivity index (χ1n) is 11.2. The molecule has 170 valence electrons. The van der Waals surface area contributed by atoms with E-state index in [4.69, 9.17) is 4.74 Å². The van der Waals surface area contributed by atoms with Gasteiger partial charge in [0.25, 0.3) is 10.0 Å². The number of fused-ring (bicyclic) bond motifs is 3. The van der Waals surface area contributed by atoms with Gasteiger partial charge in [-0.15, -0.1) is 0 Å². The predicted octanol–water partition coefficient (Wildman–Crippen LogP) is 5.94. The zero-order valence-corrected chi connectivity index (χ0v) is 19.8. The lowest BCUT2D eigenvalue weighted by Gasteiger charge is -2.38. The molecule has 3 atom stereocenters. The number of hydrogen-bond donors (Lipinski definition) is 2. The third kappa shape index (κ3) is 3.89. The van der Waals surface area contributed by atoms with E-state index in [0.29, 0.717) is 11.6 Å². The van der Waals surface area contributed by atoms with Gasteiger partial charge in [-0.25, -0.2) is 8.42 Å². The maximum atomic E-state index is 13.2. The predicted molar refractivity (Wildman–Crippen MR) is 133 cm³/mol. The first-order valence-corrected chi connectivity index (χ1v) is 12.7. The number of methoxy groups -OCH3 is 1. The van der Waals surface area contributed by atoms with Crippen molar-refractivity contribution in [2.75, 3.05) is 17.1 Å². The van der Waals surface area contributed by atoms with Crippen LogP contribution in [0.15, 0.2) is 77.7 Å². The summed E-state index contributed by atoms with van der Waals surface area (Å²) in [5.41, 5.74) is 5.85. The maximum Gasteiger partial charge on any atom is 0.261 e. The monoisotopic (exact) mass is 460 g/mol. The summed E-state index contributed by atoms with van der Waals surface area (Å²) >= 11 is 0. The van der Waals surface area contributed by atoms with Crippen molar-refractivity contribution in [2.45, 2.75) is 37.1 Å². The average molecular weight is 461 g/mol. The van der Waals surface area contributed by atoms with Gasteiger partial charge in [-0.05, 0) is 79.3 Å². The van der Waals surface area contributed by atoms with Gasteiger partial charge in [0, 0.05) is 22.9 Å². The molecule has 33 heavy (non-hydrogen) atoms. The van der Waals surface area contributed by atoms with Gasteiger partial charge in [0.1, 0.15) is 5.75 Å². The van der Waals surface area contributed by atoms with E-state index in [1.807, 2.05) is 56.3 Å². The van der Waals surface area contributed by atoms with Crippen LogP contribution in [0.3, 0.4) is 0 Å². The van der Waals surface area contributed by atoms with Crippen molar-refractivity contribution in [1.82, 2.24) is 0 Å². The number of rotatable bonds is 5. The second-order valence-corrected chi connectivity index (χ2v) is 10.6. The fourth-order valence-electron chi connectivity index (χ4n) is 4.99. The largest absolute Gasteiger partial charge is 0.496 e. The summed E-state index contributed by atoms with van der Waals surface area (Å²) in [6.45, 7) is 3.98. The molecule has 0 fully saturated rings. The van der Waals surface area contributed by atoms with Gasteiger partial charge < -0.3 is 10.1 Å². The standard InChI is InChI=1S/C27H28N2O3S/c1-17-11-12-19(15-18(17)2)29-33(30,31)20-13-14-25-24(16-20)21-8-6-9-22(21)27(28-25)23-7-4-5-10-26(23)32-3/h4-8,10-16,21-22,27-29H,9H2,1-3H3/t21-,22+,27-/m0/s1. The molecule has 2 N–H and O–H groups in total. The number of para-hydroxylation sites is 1. The third-order valence-electron chi connectivity index (χ3n) is 6.88. The molecule has 0 spiro atoms. The highest BCUT2D eigenvalue weighted by atomic mass is 32.2. The fourth-order valence-corrected chi connectivity index (χ4v) is 6.07. The van der Waals surface area contributed by atoms with Crippen molar-refractivity contribution < 1.29 is 13.2 Å². The van der Waals surface area contributed by atoms with Crippen molar-refractivity contribution in [3.63, 3.8) is 0 Å². The summed E-state index contributed by atoms with van der Waals surface area (Å²) in [6, 6.07) is 19.1. The summed E-state index contributed by atoms with van der Waals surface area (Å²) in [4.78, 5) is 0.274. The molecule has 0 bridgehead atoms. The quantitative estimate of drug-likeness (QED) is 0.463. The molecule has 3 aromatic rings. The highest BCUT2D eigenvalue weighted by Gasteiger charge is 2.39. The topological polar surface area (TPSA) is 67.4 Å². The van der Waals surface area contributed by atoms with Crippen LogP contribution in [0.5, 0.6) is 5.75 Å². The number of ether oxygens (including phenoxy) is 1. The minimum absolute atomic E-state index is 0.0877. The van der Waals surface area contributed by atoms with Gasteiger partial charge in [-0.3, -0.25) is 4.72 Å². The zero-order chi connectivity index (χ0) is 23.2. The van der Waals surface area contributed by atoms with Gasteiger partial charge >= 0.3 is 0 Å². The Morgan fingerprint density at radius 2 is 1.79 bits per heavy atom.